The van der Waals surface area contributed by atoms with E-state index in [4.69, 9.17) is 5.11 Å². The highest BCUT2D eigenvalue weighted by atomic mass is 19.4. The van der Waals surface area contributed by atoms with E-state index in [1.54, 1.807) is 0 Å². The van der Waals surface area contributed by atoms with Crippen LogP contribution in [0.15, 0.2) is 18.3 Å². The van der Waals surface area contributed by atoms with E-state index in [1.807, 2.05) is 0 Å². The summed E-state index contributed by atoms with van der Waals surface area (Å²) in [7, 11) is 0. The van der Waals surface area contributed by atoms with Crippen molar-refractivity contribution in [1.82, 2.24) is 4.98 Å². The van der Waals surface area contributed by atoms with Crippen LogP contribution in [0.4, 0.5) is 19.0 Å². The Morgan fingerprint density at radius 3 is 2.70 bits per heavy atom. The zero-order valence-electron chi connectivity index (χ0n) is 10.7. The highest BCUT2D eigenvalue weighted by molar-refractivity contribution is 5.70. The van der Waals surface area contributed by atoms with Crippen molar-refractivity contribution >= 4 is 11.8 Å². The summed E-state index contributed by atoms with van der Waals surface area (Å²) >= 11 is 0. The number of nitrogens with one attached hydrogen (secondary N) is 1. The second kappa shape index (κ2) is 5.68. The SMILES string of the molecule is O=C(O)C1CCCC1CNc1ccc(C(F)(F)F)cn1. The van der Waals surface area contributed by atoms with Gasteiger partial charge in [-0.25, -0.2) is 4.98 Å². The van der Waals surface area contributed by atoms with Crippen molar-refractivity contribution in [3.05, 3.63) is 23.9 Å². The van der Waals surface area contributed by atoms with E-state index in [-0.39, 0.29) is 11.8 Å². The number of pyridine rings is 1. The number of alkyl halides is 3. The van der Waals surface area contributed by atoms with Gasteiger partial charge in [0, 0.05) is 12.7 Å². The number of carboxylic acid groups (broad SMARTS) is 1. The van der Waals surface area contributed by atoms with E-state index in [0.29, 0.717) is 18.8 Å². The van der Waals surface area contributed by atoms with E-state index >= 15 is 0 Å². The molecule has 2 unspecified atom stereocenters. The van der Waals surface area contributed by atoms with Gasteiger partial charge in [-0.05, 0) is 30.9 Å². The molecular weight excluding hydrogens is 273 g/mol. The van der Waals surface area contributed by atoms with Crippen LogP contribution in [0.5, 0.6) is 0 Å². The minimum absolute atomic E-state index is 0.00315. The fourth-order valence-corrected chi connectivity index (χ4v) is 2.51. The third-order valence-corrected chi connectivity index (χ3v) is 3.61. The van der Waals surface area contributed by atoms with Crippen LogP contribution in [0.1, 0.15) is 24.8 Å². The number of carboxylic acids is 1. The lowest BCUT2D eigenvalue weighted by Gasteiger charge is -2.16. The van der Waals surface area contributed by atoms with Crippen molar-refractivity contribution in [2.24, 2.45) is 11.8 Å². The fraction of sp³-hybridized carbons (Fsp3) is 0.538. The van der Waals surface area contributed by atoms with E-state index in [2.05, 4.69) is 10.3 Å². The molecule has 1 aliphatic carbocycles. The molecule has 2 N–H and O–H groups in total. The summed E-state index contributed by atoms with van der Waals surface area (Å²) < 4.78 is 37.1. The van der Waals surface area contributed by atoms with Crippen LogP contribution in [-0.4, -0.2) is 22.6 Å². The van der Waals surface area contributed by atoms with E-state index in [0.717, 1.165) is 25.1 Å². The minimum Gasteiger partial charge on any atom is -0.481 e. The van der Waals surface area contributed by atoms with Crippen molar-refractivity contribution in [2.75, 3.05) is 11.9 Å². The minimum atomic E-state index is -4.40. The number of carbonyl (C=O) groups is 1. The van der Waals surface area contributed by atoms with Crippen LogP contribution in [-0.2, 0) is 11.0 Å². The molecule has 1 saturated carbocycles. The Kier molecular flexibility index (Phi) is 4.15. The molecule has 2 rings (SSSR count). The Bertz CT molecular complexity index is 473. The maximum atomic E-state index is 12.4. The zero-order chi connectivity index (χ0) is 14.8. The lowest BCUT2D eigenvalue weighted by atomic mass is 9.96. The van der Waals surface area contributed by atoms with Gasteiger partial charge in [-0.2, -0.15) is 13.2 Å². The second-order valence-electron chi connectivity index (χ2n) is 4.95. The molecule has 110 valence electrons. The monoisotopic (exact) mass is 288 g/mol. The van der Waals surface area contributed by atoms with Crippen LogP contribution in [0.25, 0.3) is 0 Å². The molecule has 20 heavy (non-hydrogen) atoms. The van der Waals surface area contributed by atoms with E-state index in [9.17, 15) is 18.0 Å². The Balaban J connectivity index is 1.93. The summed E-state index contributed by atoms with van der Waals surface area (Å²) in [5, 5.41) is 11.9. The number of aromatic nitrogens is 1. The Morgan fingerprint density at radius 1 is 1.40 bits per heavy atom. The lowest BCUT2D eigenvalue weighted by molar-refractivity contribution is -0.142. The van der Waals surface area contributed by atoms with Gasteiger partial charge in [0.1, 0.15) is 5.82 Å². The maximum absolute atomic E-state index is 12.4. The molecule has 1 aromatic heterocycles. The number of anilines is 1. The predicted molar refractivity (Wildman–Crippen MR) is 66.2 cm³/mol. The van der Waals surface area contributed by atoms with Gasteiger partial charge in [0.05, 0.1) is 11.5 Å². The molecule has 0 amide bonds. The van der Waals surface area contributed by atoms with Crippen molar-refractivity contribution in [2.45, 2.75) is 25.4 Å². The summed E-state index contributed by atoms with van der Waals surface area (Å²) in [6.45, 7) is 0.412. The van der Waals surface area contributed by atoms with Crippen LogP contribution in [0.2, 0.25) is 0 Å². The molecule has 0 aromatic carbocycles. The lowest BCUT2D eigenvalue weighted by Crippen LogP contribution is -2.24. The van der Waals surface area contributed by atoms with Crippen LogP contribution < -0.4 is 5.32 Å². The molecule has 7 heteroatoms. The molecule has 1 heterocycles. The highest BCUT2D eigenvalue weighted by Crippen LogP contribution is 2.32. The average Bonchev–Trinajstić information content (AvgIpc) is 2.84. The third kappa shape index (κ3) is 3.40. The number of hydrogen-bond acceptors (Lipinski definition) is 3. The second-order valence-corrected chi connectivity index (χ2v) is 4.95. The van der Waals surface area contributed by atoms with Gasteiger partial charge in [-0.15, -0.1) is 0 Å². The first-order valence-corrected chi connectivity index (χ1v) is 6.38. The maximum Gasteiger partial charge on any atom is 0.417 e. The number of aliphatic carboxylic acids is 1. The summed E-state index contributed by atoms with van der Waals surface area (Å²) in [5.74, 6) is -0.864. The molecule has 0 radical (unpaired) electrons. The van der Waals surface area contributed by atoms with Crippen LogP contribution in [0.3, 0.4) is 0 Å². The number of rotatable bonds is 4. The highest BCUT2D eigenvalue weighted by Gasteiger charge is 2.33. The van der Waals surface area contributed by atoms with Crippen molar-refractivity contribution in [3.8, 4) is 0 Å². The van der Waals surface area contributed by atoms with E-state index in [1.165, 1.54) is 6.07 Å². The predicted octanol–water partition coefficient (Wildman–Crippen LogP) is 3.01. The van der Waals surface area contributed by atoms with Crippen LogP contribution in [0, 0.1) is 11.8 Å². The van der Waals surface area contributed by atoms with E-state index < -0.39 is 17.7 Å². The molecule has 0 bridgehead atoms. The molecule has 0 aliphatic heterocycles. The first-order chi connectivity index (χ1) is 9.38. The zero-order valence-corrected chi connectivity index (χ0v) is 10.7. The third-order valence-electron chi connectivity index (χ3n) is 3.61. The number of nitrogens with zero attached hydrogens (tertiary/aromatic N) is 1. The molecule has 4 nitrogen and oxygen atoms in total. The van der Waals surface area contributed by atoms with Gasteiger partial charge in [0.2, 0.25) is 0 Å². The molecule has 1 aromatic rings. The number of hydrogen-bond donors (Lipinski definition) is 2. The summed E-state index contributed by atoms with van der Waals surface area (Å²) in [6.07, 6.45) is -1.30. The van der Waals surface area contributed by atoms with Gasteiger partial charge < -0.3 is 10.4 Å². The molecule has 2 atom stereocenters. The van der Waals surface area contributed by atoms with Gasteiger partial charge in [-0.1, -0.05) is 6.42 Å². The van der Waals surface area contributed by atoms with Crippen LogP contribution >= 0.6 is 0 Å². The topological polar surface area (TPSA) is 62.2 Å². The van der Waals surface area contributed by atoms with Gasteiger partial charge in [0.15, 0.2) is 0 Å². The Labute approximate surface area is 114 Å². The largest absolute Gasteiger partial charge is 0.481 e. The molecule has 0 saturated heterocycles. The number of halogens is 3. The Hall–Kier alpha value is -1.79. The standard InChI is InChI=1S/C13H15F3N2O2/c14-13(15,16)9-4-5-11(18-7-9)17-6-8-2-1-3-10(8)12(19)20/h4-5,7-8,10H,1-3,6H2,(H,17,18)(H,19,20). The fourth-order valence-electron chi connectivity index (χ4n) is 2.51. The van der Waals surface area contributed by atoms with Gasteiger partial charge in [0.25, 0.3) is 0 Å². The quantitative estimate of drug-likeness (QED) is 0.894. The molecule has 1 aliphatic rings. The van der Waals surface area contributed by atoms with Crippen molar-refractivity contribution in [3.63, 3.8) is 0 Å². The molecular formula is C13H15F3N2O2. The first kappa shape index (κ1) is 14.6. The van der Waals surface area contributed by atoms with Crippen molar-refractivity contribution < 1.29 is 23.1 Å². The first-order valence-electron chi connectivity index (χ1n) is 6.38. The van der Waals surface area contributed by atoms with Gasteiger partial charge in [-0.3, -0.25) is 4.79 Å². The summed E-state index contributed by atoms with van der Waals surface area (Å²) in [5.41, 5.74) is -0.799. The average molecular weight is 288 g/mol. The Morgan fingerprint density at radius 2 is 2.15 bits per heavy atom. The molecule has 1 fully saturated rings. The summed E-state index contributed by atoms with van der Waals surface area (Å²) in [4.78, 5) is 14.7. The normalized spacial score (nSPS) is 22.8. The smallest absolute Gasteiger partial charge is 0.417 e. The molecule has 0 spiro atoms. The summed E-state index contributed by atoms with van der Waals surface area (Å²) in [6, 6.07) is 2.21. The van der Waals surface area contributed by atoms with Gasteiger partial charge >= 0.3 is 12.1 Å². The van der Waals surface area contributed by atoms with Crippen molar-refractivity contribution in [1.29, 1.82) is 0 Å².